The van der Waals surface area contributed by atoms with Crippen molar-refractivity contribution in [1.82, 2.24) is 4.90 Å². The number of hydrogen-bond donors (Lipinski definition) is 0. The molecule has 1 aromatic heterocycles. The Labute approximate surface area is 182 Å². The maximum absolute atomic E-state index is 12.8. The van der Waals surface area contributed by atoms with Crippen LogP contribution in [0.2, 0.25) is 0 Å². The minimum Gasteiger partial charge on any atom is -0.497 e. The molecular formula is C23H19NO4S2. The van der Waals surface area contributed by atoms with Gasteiger partial charge in [0.15, 0.2) is 0 Å². The number of nitrogens with zero attached hydrogens (tertiary/aromatic N) is 1. The number of hydrogen-bond acceptors (Lipinski definition) is 6. The van der Waals surface area contributed by atoms with E-state index in [0.717, 1.165) is 44.8 Å². The second-order valence-corrected chi connectivity index (χ2v) is 8.52. The zero-order valence-electron chi connectivity index (χ0n) is 16.5. The lowest BCUT2D eigenvalue weighted by atomic mass is 10.1. The summed E-state index contributed by atoms with van der Waals surface area (Å²) in [6.45, 7) is 0.242. The summed E-state index contributed by atoms with van der Waals surface area (Å²) in [5.74, 6) is 1.26. The molecule has 0 N–H and O–H groups in total. The van der Waals surface area contributed by atoms with E-state index < -0.39 is 0 Å². The van der Waals surface area contributed by atoms with Crippen molar-refractivity contribution in [3.05, 3.63) is 75.3 Å². The van der Waals surface area contributed by atoms with E-state index in [4.69, 9.17) is 9.47 Å². The molecule has 2 heterocycles. The number of imide groups is 1. The molecule has 152 valence electrons. The SMILES string of the molecule is COc1ccc(CN2C(=O)S/C(=C\c3cc(-c4cccc(OC)c4)cs3)C2=O)cc1. The molecule has 0 atom stereocenters. The van der Waals surface area contributed by atoms with E-state index in [1.165, 1.54) is 16.2 Å². The average molecular weight is 438 g/mol. The third-order valence-corrected chi connectivity index (χ3v) is 6.46. The van der Waals surface area contributed by atoms with Crippen molar-refractivity contribution in [1.29, 1.82) is 0 Å². The molecule has 0 spiro atoms. The molecule has 5 nitrogen and oxygen atoms in total. The molecule has 3 aromatic rings. The topological polar surface area (TPSA) is 55.8 Å². The van der Waals surface area contributed by atoms with Crippen LogP contribution in [0.25, 0.3) is 17.2 Å². The Bertz CT molecular complexity index is 1120. The first-order valence-electron chi connectivity index (χ1n) is 9.18. The highest BCUT2D eigenvalue weighted by Gasteiger charge is 2.35. The highest BCUT2D eigenvalue weighted by molar-refractivity contribution is 8.18. The van der Waals surface area contributed by atoms with Gasteiger partial charge < -0.3 is 9.47 Å². The van der Waals surface area contributed by atoms with Crippen LogP contribution in [0.3, 0.4) is 0 Å². The Morgan fingerprint density at radius 1 is 0.933 bits per heavy atom. The van der Waals surface area contributed by atoms with Gasteiger partial charge in [0.05, 0.1) is 25.7 Å². The number of carbonyl (C=O) groups is 2. The first-order chi connectivity index (χ1) is 14.6. The average Bonchev–Trinajstić information content (AvgIpc) is 3.35. The van der Waals surface area contributed by atoms with E-state index in [0.29, 0.717) is 4.91 Å². The van der Waals surface area contributed by atoms with Crippen LogP contribution in [0.15, 0.2) is 64.9 Å². The summed E-state index contributed by atoms with van der Waals surface area (Å²) in [6.07, 6.45) is 1.78. The quantitative estimate of drug-likeness (QED) is 0.465. The molecule has 30 heavy (non-hydrogen) atoms. The molecule has 0 unspecified atom stereocenters. The van der Waals surface area contributed by atoms with Gasteiger partial charge in [-0.05, 0) is 70.2 Å². The number of amides is 2. The first kappa shape index (κ1) is 20.3. The summed E-state index contributed by atoms with van der Waals surface area (Å²) < 4.78 is 10.4. The molecule has 4 rings (SSSR count). The van der Waals surface area contributed by atoms with Gasteiger partial charge in [-0.25, -0.2) is 0 Å². The van der Waals surface area contributed by atoms with Crippen molar-refractivity contribution in [2.24, 2.45) is 0 Å². The van der Waals surface area contributed by atoms with Gasteiger partial charge in [-0.2, -0.15) is 0 Å². The second-order valence-electron chi connectivity index (χ2n) is 6.59. The molecule has 0 radical (unpaired) electrons. The Morgan fingerprint density at radius 3 is 2.43 bits per heavy atom. The van der Waals surface area contributed by atoms with Crippen molar-refractivity contribution in [2.45, 2.75) is 6.54 Å². The molecule has 1 saturated heterocycles. The summed E-state index contributed by atoms with van der Waals surface area (Å²) in [6, 6.07) is 17.2. The van der Waals surface area contributed by atoms with E-state index in [2.05, 4.69) is 0 Å². The Morgan fingerprint density at radius 2 is 1.70 bits per heavy atom. The third kappa shape index (κ3) is 4.27. The van der Waals surface area contributed by atoms with Crippen molar-refractivity contribution < 1.29 is 19.1 Å². The van der Waals surface area contributed by atoms with Crippen LogP contribution in [0.1, 0.15) is 10.4 Å². The van der Waals surface area contributed by atoms with Crippen LogP contribution in [-0.2, 0) is 11.3 Å². The van der Waals surface area contributed by atoms with Gasteiger partial charge in [0, 0.05) is 4.88 Å². The van der Waals surface area contributed by atoms with E-state index in [1.807, 2.05) is 60.0 Å². The maximum atomic E-state index is 12.8. The van der Waals surface area contributed by atoms with E-state index in [9.17, 15) is 9.59 Å². The maximum Gasteiger partial charge on any atom is 0.293 e. The third-order valence-electron chi connectivity index (χ3n) is 4.67. The van der Waals surface area contributed by atoms with Gasteiger partial charge in [0.2, 0.25) is 0 Å². The monoisotopic (exact) mass is 437 g/mol. The predicted molar refractivity (Wildman–Crippen MR) is 121 cm³/mol. The summed E-state index contributed by atoms with van der Waals surface area (Å²) in [5.41, 5.74) is 2.95. The summed E-state index contributed by atoms with van der Waals surface area (Å²) >= 11 is 2.51. The second kappa shape index (κ2) is 8.77. The number of thiophene rings is 1. The Kier molecular flexibility index (Phi) is 5.92. The number of methoxy groups -OCH3 is 2. The number of ether oxygens (including phenoxy) is 2. The van der Waals surface area contributed by atoms with E-state index >= 15 is 0 Å². The van der Waals surface area contributed by atoms with Crippen LogP contribution in [0.5, 0.6) is 11.5 Å². The number of carbonyl (C=O) groups excluding carboxylic acids is 2. The zero-order chi connectivity index (χ0) is 21.1. The van der Waals surface area contributed by atoms with Crippen molar-refractivity contribution in [3.63, 3.8) is 0 Å². The molecule has 0 bridgehead atoms. The fraction of sp³-hybridized carbons (Fsp3) is 0.130. The lowest BCUT2D eigenvalue weighted by Crippen LogP contribution is -2.27. The standard InChI is InChI=1S/C23H19NO4S2/c1-27-18-8-6-15(7-9-18)13-24-22(25)21(30-23(24)26)12-20-11-17(14-29-20)16-4-3-5-19(10-16)28-2/h3-12,14H,13H2,1-2H3/b21-12-. The van der Waals surface area contributed by atoms with Gasteiger partial charge in [-0.3, -0.25) is 14.5 Å². The number of benzene rings is 2. The molecule has 1 fully saturated rings. The van der Waals surface area contributed by atoms with Crippen LogP contribution in [-0.4, -0.2) is 30.3 Å². The normalized spacial score (nSPS) is 15.1. The van der Waals surface area contributed by atoms with Crippen LogP contribution in [0.4, 0.5) is 4.79 Å². The zero-order valence-corrected chi connectivity index (χ0v) is 18.1. The van der Waals surface area contributed by atoms with Crippen LogP contribution < -0.4 is 9.47 Å². The molecule has 0 saturated carbocycles. The highest BCUT2D eigenvalue weighted by atomic mass is 32.2. The van der Waals surface area contributed by atoms with Gasteiger partial charge in [0.25, 0.3) is 11.1 Å². The van der Waals surface area contributed by atoms with E-state index in [-0.39, 0.29) is 17.7 Å². The van der Waals surface area contributed by atoms with Crippen molar-refractivity contribution in [2.75, 3.05) is 14.2 Å². The van der Waals surface area contributed by atoms with Crippen LogP contribution in [0, 0.1) is 0 Å². The number of thioether (sulfide) groups is 1. The predicted octanol–water partition coefficient (Wildman–Crippen LogP) is 5.67. The molecular weight excluding hydrogens is 418 g/mol. The number of rotatable bonds is 6. The molecule has 2 amide bonds. The van der Waals surface area contributed by atoms with Gasteiger partial charge >= 0.3 is 0 Å². The molecule has 0 aliphatic carbocycles. The van der Waals surface area contributed by atoms with E-state index in [1.54, 1.807) is 20.3 Å². The smallest absolute Gasteiger partial charge is 0.293 e. The van der Waals surface area contributed by atoms with Crippen LogP contribution >= 0.6 is 23.1 Å². The van der Waals surface area contributed by atoms with Gasteiger partial charge in [-0.15, -0.1) is 11.3 Å². The summed E-state index contributed by atoms with van der Waals surface area (Å²) in [5, 5.41) is 1.77. The molecule has 7 heteroatoms. The molecule has 2 aromatic carbocycles. The fourth-order valence-electron chi connectivity index (χ4n) is 3.06. The summed E-state index contributed by atoms with van der Waals surface area (Å²) in [7, 11) is 3.24. The Balaban J connectivity index is 1.51. The molecule has 1 aliphatic heterocycles. The minimum atomic E-state index is -0.267. The van der Waals surface area contributed by atoms with Gasteiger partial charge in [-0.1, -0.05) is 24.3 Å². The lowest BCUT2D eigenvalue weighted by Gasteiger charge is -2.12. The largest absolute Gasteiger partial charge is 0.497 e. The first-order valence-corrected chi connectivity index (χ1v) is 10.9. The Hall–Kier alpha value is -3.03. The molecule has 1 aliphatic rings. The van der Waals surface area contributed by atoms with Crippen molar-refractivity contribution in [3.8, 4) is 22.6 Å². The fourth-order valence-corrected chi connectivity index (χ4v) is 4.81. The van der Waals surface area contributed by atoms with Crippen molar-refractivity contribution >= 4 is 40.3 Å². The summed E-state index contributed by atoms with van der Waals surface area (Å²) in [4.78, 5) is 27.8. The highest BCUT2D eigenvalue weighted by Crippen LogP contribution is 2.36. The minimum absolute atomic E-state index is 0.242. The lowest BCUT2D eigenvalue weighted by molar-refractivity contribution is -0.123. The van der Waals surface area contributed by atoms with Gasteiger partial charge in [0.1, 0.15) is 11.5 Å².